The van der Waals surface area contributed by atoms with Crippen LogP contribution < -0.4 is 0 Å². The Bertz CT molecular complexity index is 1100. The summed E-state index contributed by atoms with van der Waals surface area (Å²) in [6, 6.07) is 7.91. The lowest BCUT2D eigenvalue weighted by Crippen LogP contribution is -2.58. The van der Waals surface area contributed by atoms with Crippen LogP contribution in [0.1, 0.15) is 19.5 Å². The van der Waals surface area contributed by atoms with Gasteiger partial charge in [-0.3, -0.25) is 9.78 Å². The maximum absolute atomic E-state index is 12.8. The number of carboxylic acid groups (broad SMARTS) is 1. The standard InChI is InChI=1S/C18H16N2O5S/c1-18(2)14(17(22)23)20-15(21)13(16(20)26(18,24)25)8-12-7-10-5-3-4-6-11(10)9-19-12/h3-9,14,16H,1-2H3,(H,22,23)/b13-8-. The lowest BCUT2D eigenvalue weighted by Gasteiger charge is -2.37. The van der Waals surface area contributed by atoms with Gasteiger partial charge in [0.1, 0.15) is 4.75 Å². The number of aromatic nitrogens is 1. The van der Waals surface area contributed by atoms with Gasteiger partial charge >= 0.3 is 5.97 Å². The smallest absolute Gasteiger partial charge is 0.328 e. The van der Waals surface area contributed by atoms with E-state index in [9.17, 15) is 23.1 Å². The monoisotopic (exact) mass is 372 g/mol. The summed E-state index contributed by atoms with van der Waals surface area (Å²) in [5.74, 6) is -1.90. The first kappa shape index (κ1) is 16.7. The molecule has 1 aromatic heterocycles. The van der Waals surface area contributed by atoms with E-state index in [0.717, 1.165) is 15.7 Å². The molecule has 0 saturated carbocycles. The van der Waals surface area contributed by atoms with Crippen molar-refractivity contribution >= 4 is 38.6 Å². The number of aliphatic carboxylic acids is 1. The number of rotatable bonds is 2. The number of carboxylic acids is 1. The Kier molecular flexibility index (Phi) is 3.30. The van der Waals surface area contributed by atoms with Crippen LogP contribution in [0.25, 0.3) is 16.8 Å². The minimum atomic E-state index is -3.88. The van der Waals surface area contributed by atoms with Gasteiger partial charge in [-0.1, -0.05) is 24.3 Å². The molecule has 1 amide bonds. The molecule has 4 rings (SSSR count). The number of nitrogens with zero attached hydrogens (tertiary/aromatic N) is 2. The summed E-state index contributed by atoms with van der Waals surface area (Å²) in [7, 11) is -3.88. The molecule has 0 aliphatic carbocycles. The van der Waals surface area contributed by atoms with E-state index in [-0.39, 0.29) is 5.57 Å². The van der Waals surface area contributed by atoms with Crippen molar-refractivity contribution < 1.29 is 23.1 Å². The number of hydrogen-bond acceptors (Lipinski definition) is 5. The highest BCUT2D eigenvalue weighted by atomic mass is 32.2. The molecule has 0 spiro atoms. The molecule has 1 N–H and O–H groups in total. The third-order valence-corrected chi connectivity index (χ3v) is 7.91. The van der Waals surface area contributed by atoms with Crippen molar-refractivity contribution in [1.29, 1.82) is 0 Å². The predicted octanol–water partition coefficient (Wildman–Crippen LogP) is 1.45. The number of β-lactam (4-membered cyclic amide) rings is 1. The fourth-order valence-corrected chi connectivity index (χ4v) is 5.80. The number of amides is 1. The first-order chi connectivity index (χ1) is 12.2. The summed E-state index contributed by atoms with van der Waals surface area (Å²) in [6.45, 7) is 2.69. The molecule has 1 aromatic carbocycles. The summed E-state index contributed by atoms with van der Waals surface area (Å²) < 4.78 is 24.1. The third kappa shape index (κ3) is 1.99. The second-order valence-corrected chi connectivity index (χ2v) is 9.60. The predicted molar refractivity (Wildman–Crippen MR) is 94.8 cm³/mol. The Balaban J connectivity index is 1.81. The summed E-state index contributed by atoms with van der Waals surface area (Å²) >= 11 is 0. The van der Waals surface area contributed by atoms with Gasteiger partial charge in [0.05, 0.1) is 11.3 Å². The van der Waals surface area contributed by atoms with Gasteiger partial charge in [0.2, 0.25) is 0 Å². The van der Waals surface area contributed by atoms with Crippen molar-refractivity contribution in [3.05, 3.63) is 47.8 Å². The van der Waals surface area contributed by atoms with Crippen LogP contribution in [0.5, 0.6) is 0 Å². The summed E-state index contributed by atoms with van der Waals surface area (Å²) in [6.07, 6.45) is 3.09. The average Bonchev–Trinajstić information content (AvgIpc) is 2.73. The molecule has 2 fully saturated rings. The van der Waals surface area contributed by atoms with Gasteiger partial charge in [-0.2, -0.15) is 0 Å². The van der Waals surface area contributed by atoms with E-state index in [1.165, 1.54) is 19.9 Å². The zero-order valence-corrected chi connectivity index (χ0v) is 14.9. The Labute approximate surface area is 149 Å². The first-order valence-corrected chi connectivity index (χ1v) is 9.56. The topological polar surface area (TPSA) is 105 Å². The highest BCUT2D eigenvalue weighted by molar-refractivity contribution is 7.94. The van der Waals surface area contributed by atoms with E-state index in [4.69, 9.17) is 0 Å². The van der Waals surface area contributed by atoms with Crippen LogP contribution in [0.2, 0.25) is 0 Å². The zero-order valence-electron chi connectivity index (χ0n) is 14.1. The minimum Gasteiger partial charge on any atom is -0.480 e. The molecule has 0 radical (unpaired) electrons. The summed E-state index contributed by atoms with van der Waals surface area (Å²) in [5, 5.41) is 10.0. The van der Waals surface area contributed by atoms with Gasteiger partial charge in [-0.25, -0.2) is 13.2 Å². The number of sulfone groups is 1. The highest BCUT2D eigenvalue weighted by Gasteiger charge is 2.70. The number of benzene rings is 1. The molecule has 134 valence electrons. The van der Waals surface area contributed by atoms with Gasteiger partial charge in [0, 0.05) is 11.6 Å². The molecule has 0 bridgehead atoms. The minimum absolute atomic E-state index is 0.0598. The fourth-order valence-electron chi connectivity index (χ4n) is 3.68. The third-order valence-electron chi connectivity index (χ3n) is 5.15. The van der Waals surface area contributed by atoms with Crippen LogP contribution in [0.15, 0.2) is 42.1 Å². The van der Waals surface area contributed by atoms with E-state index < -0.39 is 37.9 Å². The first-order valence-electron chi connectivity index (χ1n) is 8.01. The second kappa shape index (κ2) is 5.14. The lowest BCUT2D eigenvalue weighted by molar-refractivity contribution is -0.152. The van der Waals surface area contributed by atoms with Gasteiger partial charge in [-0.15, -0.1) is 0 Å². The van der Waals surface area contributed by atoms with Crippen molar-refractivity contribution in [2.75, 3.05) is 0 Å². The van der Waals surface area contributed by atoms with Crippen LogP contribution in [0.4, 0.5) is 0 Å². The molecule has 2 unspecified atom stereocenters. The van der Waals surface area contributed by atoms with Crippen LogP contribution in [-0.2, 0) is 19.4 Å². The lowest BCUT2D eigenvalue weighted by atomic mass is 9.95. The van der Waals surface area contributed by atoms with Crippen molar-refractivity contribution in [1.82, 2.24) is 9.88 Å². The Morgan fingerprint density at radius 1 is 1.27 bits per heavy atom. The molecule has 7 nitrogen and oxygen atoms in total. The quantitative estimate of drug-likeness (QED) is 0.632. The Hall–Kier alpha value is -2.74. The number of fused-ring (bicyclic) bond motifs is 2. The average molecular weight is 372 g/mol. The van der Waals surface area contributed by atoms with Gasteiger partial charge in [-0.05, 0) is 31.4 Å². The van der Waals surface area contributed by atoms with E-state index in [0.29, 0.717) is 5.69 Å². The highest BCUT2D eigenvalue weighted by Crippen LogP contribution is 2.48. The number of hydrogen-bond donors (Lipinski definition) is 1. The van der Waals surface area contributed by atoms with E-state index >= 15 is 0 Å². The zero-order chi connectivity index (χ0) is 18.9. The normalized spacial score (nSPS) is 27.4. The molecule has 26 heavy (non-hydrogen) atoms. The van der Waals surface area contributed by atoms with Crippen LogP contribution in [0.3, 0.4) is 0 Å². The largest absolute Gasteiger partial charge is 0.480 e. The SMILES string of the molecule is CC1(C)C(C(=O)O)N2C(=O)/C(=C/c3cc4ccccc4cn3)C2S1(=O)=O. The maximum atomic E-state index is 12.8. The van der Waals surface area contributed by atoms with Crippen molar-refractivity contribution in [2.45, 2.75) is 30.0 Å². The van der Waals surface area contributed by atoms with Crippen molar-refractivity contribution in [3.63, 3.8) is 0 Å². The number of carbonyl (C=O) groups excluding carboxylic acids is 1. The molecule has 2 aliphatic rings. The van der Waals surface area contributed by atoms with Gasteiger partial charge in [0.25, 0.3) is 5.91 Å². The number of pyridine rings is 1. The summed E-state index contributed by atoms with van der Waals surface area (Å²) in [5.41, 5.74) is 0.517. The van der Waals surface area contributed by atoms with Gasteiger partial charge in [0.15, 0.2) is 21.3 Å². The van der Waals surface area contributed by atoms with E-state index in [1.807, 2.05) is 24.3 Å². The van der Waals surface area contributed by atoms with E-state index in [1.54, 1.807) is 12.3 Å². The van der Waals surface area contributed by atoms with Crippen LogP contribution in [-0.4, -0.2) is 51.4 Å². The molecule has 2 saturated heterocycles. The van der Waals surface area contributed by atoms with E-state index in [2.05, 4.69) is 4.98 Å². The molecule has 2 aromatic rings. The molecule has 8 heteroatoms. The molecular formula is C18H16N2O5S. The Morgan fingerprint density at radius 3 is 2.58 bits per heavy atom. The van der Waals surface area contributed by atoms with Gasteiger partial charge < -0.3 is 10.0 Å². The van der Waals surface area contributed by atoms with Crippen molar-refractivity contribution in [2.24, 2.45) is 0 Å². The molecule has 3 heterocycles. The molecule has 2 atom stereocenters. The number of carbonyl (C=O) groups is 2. The van der Waals surface area contributed by atoms with Crippen LogP contribution >= 0.6 is 0 Å². The Morgan fingerprint density at radius 2 is 1.92 bits per heavy atom. The van der Waals surface area contributed by atoms with Crippen molar-refractivity contribution in [3.8, 4) is 0 Å². The second-order valence-electron chi connectivity index (χ2n) is 7.01. The fraction of sp³-hybridized carbons (Fsp3) is 0.278. The molecule has 2 aliphatic heterocycles. The summed E-state index contributed by atoms with van der Waals surface area (Å²) in [4.78, 5) is 29.3. The maximum Gasteiger partial charge on any atom is 0.328 e. The van der Waals surface area contributed by atoms with Crippen LogP contribution in [0, 0.1) is 0 Å². The molecular weight excluding hydrogens is 356 g/mol.